The van der Waals surface area contributed by atoms with E-state index >= 15 is 0 Å². The molecule has 3 heteroatoms. The summed E-state index contributed by atoms with van der Waals surface area (Å²) in [5.74, 6) is 0.884. The normalized spacial score (nSPS) is 12.2. The molecule has 2 nitrogen and oxygen atoms in total. The molecule has 0 aliphatic carbocycles. The number of hydrogen-bond acceptors (Lipinski definition) is 2. The number of rotatable bonds is 5. The molecule has 0 aliphatic rings. The third-order valence-electron chi connectivity index (χ3n) is 3.86. The highest BCUT2D eigenvalue weighted by molar-refractivity contribution is 9.10. The molecule has 0 spiro atoms. The van der Waals surface area contributed by atoms with E-state index in [1.807, 2.05) is 19.2 Å². The van der Waals surface area contributed by atoms with E-state index < -0.39 is 0 Å². The molecule has 0 amide bonds. The molecule has 2 aromatic carbocycles. The fourth-order valence-corrected chi connectivity index (χ4v) is 3.05. The molecule has 2 rings (SSSR count). The molecule has 0 saturated carbocycles. The topological polar surface area (TPSA) is 21.3 Å². The number of benzene rings is 2. The quantitative estimate of drug-likeness (QED) is 0.854. The Morgan fingerprint density at radius 1 is 1.14 bits per heavy atom. The van der Waals surface area contributed by atoms with Gasteiger partial charge in [0.2, 0.25) is 0 Å². The van der Waals surface area contributed by atoms with E-state index in [1.54, 1.807) is 7.11 Å². The van der Waals surface area contributed by atoms with E-state index in [4.69, 9.17) is 4.74 Å². The molecule has 2 aromatic rings. The Morgan fingerprint density at radius 2 is 1.90 bits per heavy atom. The van der Waals surface area contributed by atoms with Gasteiger partial charge < -0.3 is 10.1 Å². The molecular formula is C18H22BrNO. The van der Waals surface area contributed by atoms with Gasteiger partial charge in [-0.05, 0) is 62.2 Å². The highest BCUT2D eigenvalue weighted by Crippen LogP contribution is 2.30. The second-order valence-electron chi connectivity index (χ2n) is 5.36. The first-order valence-corrected chi connectivity index (χ1v) is 7.91. The third-order valence-corrected chi connectivity index (χ3v) is 4.58. The van der Waals surface area contributed by atoms with Gasteiger partial charge in [-0.3, -0.25) is 0 Å². The molecule has 0 bridgehead atoms. The zero-order valence-electron chi connectivity index (χ0n) is 13.0. The minimum absolute atomic E-state index is 0.245. The van der Waals surface area contributed by atoms with Crippen molar-refractivity contribution >= 4 is 15.9 Å². The van der Waals surface area contributed by atoms with Gasteiger partial charge in [-0.2, -0.15) is 0 Å². The zero-order chi connectivity index (χ0) is 15.4. The van der Waals surface area contributed by atoms with Crippen molar-refractivity contribution in [3.8, 4) is 5.75 Å². The van der Waals surface area contributed by atoms with Gasteiger partial charge in [-0.25, -0.2) is 0 Å². The first-order chi connectivity index (χ1) is 10.0. The van der Waals surface area contributed by atoms with Crippen molar-refractivity contribution in [3.05, 3.63) is 63.1 Å². The lowest BCUT2D eigenvalue weighted by Crippen LogP contribution is -2.20. The first-order valence-electron chi connectivity index (χ1n) is 7.12. The maximum absolute atomic E-state index is 5.35. The predicted octanol–water partition coefficient (Wildman–Crippen LogP) is 4.58. The van der Waals surface area contributed by atoms with E-state index in [0.717, 1.165) is 16.6 Å². The van der Waals surface area contributed by atoms with Gasteiger partial charge in [0.25, 0.3) is 0 Å². The number of halogens is 1. The molecule has 0 radical (unpaired) electrons. The summed E-state index contributed by atoms with van der Waals surface area (Å²) < 4.78 is 6.45. The van der Waals surface area contributed by atoms with Crippen LogP contribution >= 0.6 is 15.9 Å². The molecule has 112 valence electrons. The van der Waals surface area contributed by atoms with Crippen LogP contribution in [0.4, 0.5) is 0 Å². The average molecular weight is 348 g/mol. The van der Waals surface area contributed by atoms with Crippen LogP contribution in [-0.4, -0.2) is 14.2 Å². The summed E-state index contributed by atoms with van der Waals surface area (Å²) in [6.07, 6.45) is 0.954. The van der Waals surface area contributed by atoms with E-state index in [1.165, 1.54) is 22.3 Å². The Bertz CT molecular complexity index is 625. The molecule has 0 aliphatic heterocycles. The Kier molecular flexibility index (Phi) is 5.43. The molecule has 0 fully saturated rings. The summed E-state index contributed by atoms with van der Waals surface area (Å²) in [5, 5.41) is 3.42. The summed E-state index contributed by atoms with van der Waals surface area (Å²) in [4.78, 5) is 0. The Balaban J connectivity index is 2.34. The molecule has 1 N–H and O–H groups in total. The molecular weight excluding hydrogens is 326 g/mol. The van der Waals surface area contributed by atoms with Crippen LogP contribution in [0.5, 0.6) is 5.75 Å². The van der Waals surface area contributed by atoms with Gasteiger partial charge in [0.05, 0.1) is 7.11 Å². The summed E-state index contributed by atoms with van der Waals surface area (Å²) in [7, 11) is 3.70. The number of methoxy groups -OCH3 is 1. The highest BCUT2D eigenvalue weighted by atomic mass is 79.9. The minimum Gasteiger partial charge on any atom is -0.497 e. The lowest BCUT2D eigenvalue weighted by molar-refractivity contribution is 0.413. The number of hydrogen-bond donors (Lipinski definition) is 1. The van der Waals surface area contributed by atoms with E-state index in [-0.39, 0.29) is 6.04 Å². The fourth-order valence-electron chi connectivity index (χ4n) is 2.52. The van der Waals surface area contributed by atoms with E-state index in [2.05, 4.69) is 59.4 Å². The summed E-state index contributed by atoms with van der Waals surface area (Å²) in [5.41, 5.74) is 5.23. The SMILES string of the molecule is CNC(Cc1cc(C)ccc1C)c1cc(OC)ccc1Br. The number of aryl methyl sites for hydroxylation is 2. The standard InChI is InChI=1S/C18H22BrNO/c1-12-5-6-13(2)14(9-12)10-18(20-3)16-11-15(21-4)7-8-17(16)19/h5-9,11,18,20H,10H2,1-4H3. The summed E-state index contributed by atoms with van der Waals surface area (Å²) in [6, 6.07) is 13.0. The summed E-state index contributed by atoms with van der Waals surface area (Å²) >= 11 is 3.65. The smallest absolute Gasteiger partial charge is 0.119 e. The van der Waals surface area contributed by atoms with Crippen molar-refractivity contribution in [1.82, 2.24) is 5.32 Å². The summed E-state index contributed by atoms with van der Waals surface area (Å²) in [6.45, 7) is 4.31. The van der Waals surface area contributed by atoms with Crippen molar-refractivity contribution in [2.75, 3.05) is 14.2 Å². The van der Waals surface area contributed by atoms with Crippen molar-refractivity contribution < 1.29 is 4.74 Å². The second kappa shape index (κ2) is 7.10. The van der Waals surface area contributed by atoms with Crippen molar-refractivity contribution in [2.24, 2.45) is 0 Å². The molecule has 0 aromatic heterocycles. The Labute approximate surface area is 135 Å². The highest BCUT2D eigenvalue weighted by Gasteiger charge is 2.15. The minimum atomic E-state index is 0.245. The number of likely N-dealkylation sites (N-methyl/N-ethyl adjacent to an activating group) is 1. The van der Waals surface area contributed by atoms with Crippen molar-refractivity contribution in [3.63, 3.8) is 0 Å². The Morgan fingerprint density at radius 3 is 2.57 bits per heavy atom. The van der Waals surface area contributed by atoms with Crippen LogP contribution in [0.1, 0.15) is 28.3 Å². The second-order valence-corrected chi connectivity index (χ2v) is 6.22. The van der Waals surface area contributed by atoms with Gasteiger partial charge in [-0.1, -0.05) is 39.7 Å². The van der Waals surface area contributed by atoms with Gasteiger partial charge in [0.15, 0.2) is 0 Å². The Hall–Kier alpha value is -1.32. The fraction of sp³-hybridized carbons (Fsp3) is 0.333. The lowest BCUT2D eigenvalue weighted by atomic mass is 9.95. The molecule has 0 saturated heterocycles. The van der Waals surface area contributed by atoms with Crippen LogP contribution in [0.15, 0.2) is 40.9 Å². The monoisotopic (exact) mass is 347 g/mol. The van der Waals surface area contributed by atoms with E-state index in [0.29, 0.717) is 0 Å². The number of nitrogens with one attached hydrogen (secondary N) is 1. The maximum Gasteiger partial charge on any atom is 0.119 e. The van der Waals surface area contributed by atoms with Crippen LogP contribution in [0.25, 0.3) is 0 Å². The van der Waals surface area contributed by atoms with Crippen molar-refractivity contribution in [2.45, 2.75) is 26.3 Å². The average Bonchev–Trinajstić information content (AvgIpc) is 2.49. The van der Waals surface area contributed by atoms with Gasteiger partial charge >= 0.3 is 0 Å². The van der Waals surface area contributed by atoms with Crippen LogP contribution in [-0.2, 0) is 6.42 Å². The lowest BCUT2D eigenvalue weighted by Gasteiger charge is -2.20. The maximum atomic E-state index is 5.35. The number of ether oxygens (including phenoxy) is 1. The predicted molar refractivity (Wildman–Crippen MR) is 92.1 cm³/mol. The van der Waals surface area contributed by atoms with Crippen LogP contribution in [0.3, 0.4) is 0 Å². The van der Waals surface area contributed by atoms with Gasteiger partial charge in [0.1, 0.15) is 5.75 Å². The van der Waals surface area contributed by atoms with Crippen molar-refractivity contribution in [1.29, 1.82) is 0 Å². The van der Waals surface area contributed by atoms with Crippen LogP contribution in [0, 0.1) is 13.8 Å². The van der Waals surface area contributed by atoms with Crippen LogP contribution in [0.2, 0.25) is 0 Å². The van der Waals surface area contributed by atoms with E-state index in [9.17, 15) is 0 Å². The first kappa shape index (κ1) is 16.1. The molecule has 1 unspecified atom stereocenters. The van der Waals surface area contributed by atoms with Gasteiger partial charge in [-0.15, -0.1) is 0 Å². The largest absolute Gasteiger partial charge is 0.497 e. The van der Waals surface area contributed by atoms with Crippen LogP contribution < -0.4 is 10.1 Å². The van der Waals surface area contributed by atoms with Gasteiger partial charge in [0, 0.05) is 10.5 Å². The molecule has 1 atom stereocenters. The zero-order valence-corrected chi connectivity index (χ0v) is 14.6. The third kappa shape index (κ3) is 3.86. The molecule has 21 heavy (non-hydrogen) atoms. The molecule has 0 heterocycles.